The smallest absolute Gasteiger partial charge is 0.424 e. The maximum Gasteiger partial charge on any atom is 1.00 e. The van der Waals surface area contributed by atoms with Crippen molar-refractivity contribution in [3.63, 3.8) is 0 Å². The molecule has 2 nitrogen and oxygen atoms in total. The first kappa shape index (κ1) is 20.5. The molecule has 1 aromatic rings. The number of benzene rings is 1. The van der Waals surface area contributed by atoms with Crippen molar-refractivity contribution in [2.24, 2.45) is 0 Å². The summed E-state index contributed by atoms with van der Waals surface area (Å²) in [4.78, 5) is 0. The van der Waals surface area contributed by atoms with E-state index in [0.29, 0.717) is 10.5 Å². The molecular formula is C9H14BClKO2-. The van der Waals surface area contributed by atoms with Crippen LogP contribution in [0.1, 0.15) is 13.8 Å². The van der Waals surface area contributed by atoms with Crippen LogP contribution >= 0.6 is 11.6 Å². The van der Waals surface area contributed by atoms with Gasteiger partial charge >= 0.3 is 58.5 Å². The van der Waals surface area contributed by atoms with E-state index in [4.69, 9.17) is 21.6 Å². The van der Waals surface area contributed by atoms with Crippen molar-refractivity contribution in [2.75, 3.05) is 0 Å². The predicted molar refractivity (Wildman–Crippen MR) is 57.9 cm³/mol. The second-order valence-electron chi connectivity index (χ2n) is 1.82. The van der Waals surface area contributed by atoms with Gasteiger partial charge in [-0.25, -0.2) is 0 Å². The van der Waals surface area contributed by atoms with Crippen LogP contribution in [0.2, 0.25) is 5.02 Å². The molecule has 0 aliphatic heterocycles. The molecule has 1 rings (SSSR count). The molecular weight excluding hydrogens is 225 g/mol. The number of rotatable bonds is 1. The average molecular weight is 240 g/mol. The summed E-state index contributed by atoms with van der Waals surface area (Å²) in [7, 11) is -1.50. The van der Waals surface area contributed by atoms with E-state index in [1.165, 1.54) is 12.1 Å². The largest absolute Gasteiger partial charge is 1.00 e. The first-order valence-electron chi connectivity index (χ1n) is 3.73. The zero-order valence-electron chi connectivity index (χ0n) is 9.08. The van der Waals surface area contributed by atoms with Crippen LogP contribution < -0.4 is 56.8 Å². The molecule has 0 saturated heterocycles. The van der Waals surface area contributed by atoms with Gasteiger partial charge in [-0.3, -0.25) is 0 Å². The fraction of sp³-hybridized carbons (Fsp3) is 0.222. The Hall–Kier alpha value is 1.13. The zero-order valence-corrected chi connectivity index (χ0v) is 13.0. The van der Waals surface area contributed by atoms with Gasteiger partial charge in [0.05, 0.1) is 0 Å². The van der Waals surface area contributed by atoms with Crippen LogP contribution in [-0.4, -0.2) is 17.2 Å². The molecule has 0 radical (unpaired) electrons. The van der Waals surface area contributed by atoms with E-state index >= 15 is 0 Å². The van der Waals surface area contributed by atoms with E-state index in [9.17, 15) is 0 Å². The third kappa shape index (κ3) is 7.43. The standard InChI is InChI=1S/C6H5BClO2.C2H6.CH3.K/c8-6-4-2-1-3-5(6)7(9)10;1-2;;/h1,3-4,9-10H;1-2H3;1H3;/q-1;;-1;+1. The number of hydrogen-bond acceptors (Lipinski definition) is 2. The summed E-state index contributed by atoms with van der Waals surface area (Å²) in [6.45, 7) is 4.00. The van der Waals surface area contributed by atoms with Crippen molar-refractivity contribution in [3.05, 3.63) is 36.7 Å². The summed E-state index contributed by atoms with van der Waals surface area (Å²) >= 11 is 5.57. The second-order valence-corrected chi connectivity index (χ2v) is 2.23. The van der Waals surface area contributed by atoms with E-state index in [1.54, 1.807) is 6.07 Å². The molecule has 0 spiro atoms. The van der Waals surface area contributed by atoms with Gasteiger partial charge in [-0.05, 0) is 0 Å². The zero-order chi connectivity index (χ0) is 9.56. The molecule has 0 heterocycles. The van der Waals surface area contributed by atoms with E-state index in [-0.39, 0.29) is 58.8 Å². The molecule has 0 aliphatic carbocycles. The minimum atomic E-state index is -1.50. The summed E-state index contributed by atoms with van der Waals surface area (Å²) in [6.07, 6.45) is 0. The van der Waals surface area contributed by atoms with E-state index in [0.717, 1.165) is 0 Å². The third-order valence-corrected chi connectivity index (χ3v) is 1.45. The van der Waals surface area contributed by atoms with E-state index in [2.05, 4.69) is 6.07 Å². The van der Waals surface area contributed by atoms with E-state index < -0.39 is 7.12 Å². The quantitative estimate of drug-likeness (QED) is 0.453. The molecule has 0 aliphatic rings. The van der Waals surface area contributed by atoms with Crippen molar-refractivity contribution in [2.45, 2.75) is 13.8 Å². The topological polar surface area (TPSA) is 40.5 Å². The fourth-order valence-electron chi connectivity index (χ4n) is 0.632. The average Bonchev–Trinajstić information content (AvgIpc) is 2.08. The van der Waals surface area contributed by atoms with Crippen LogP contribution in [0.5, 0.6) is 0 Å². The van der Waals surface area contributed by atoms with Gasteiger partial charge in [0.1, 0.15) is 0 Å². The van der Waals surface area contributed by atoms with Crippen molar-refractivity contribution in [1.29, 1.82) is 0 Å². The van der Waals surface area contributed by atoms with Gasteiger partial charge in [0.25, 0.3) is 0 Å². The van der Waals surface area contributed by atoms with Gasteiger partial charge in [0.2, 0.25) is 0 Å². The van der Waals surface area contributed by atoms with Gasteiger partial charge in [0.15, 0.2) is 0 Å². The van der Waals surface area contributed by atoms with Crippen LogP contribution in [-0.2, 0) is 0 Å². The molecule has 5 heteroatoms. The molecule has 0 fully saturated rings. The Bertz CT molecular complexity index is 234. The summed E-state index contributed by atoms with van der Waals surface area (Å²) in [5.41, 5.74) is 0.306. The van der Waals surface area contributed by atoms with Crippen molar-refractivity contribution < 1.29 is 61.4 Å². The van der Waals surface area contributed by atoms with Crippen LogP contribution in [0.25, 0.3) is 0 Å². The SMILES string of the molecule is CC.OB(O)c1cc[c-]cc1Cl.[CH3-].[K+]. The number of halogens is 1. The van der Waals surface area contributed by atoms with E-state index in [1.807, 2.05) is 13.8 Å². The molecule has 1 aromatic carbocycles. The van der Waals surface area contributed by atoms with Crippen LogP contribution in [0.15, 0.2) is 18.2 Å². The Balaban J connectivity index is -0.000000284. The van der Waals surface area contributed by atoms with Crippen LogP contribution in [0.4, 0.5) is 0 Å². The minimum absolute atomic E-state index is 0. The van der Waals surface area contributed by atoms with Crippen molar-refractivity contribution in [1.82, 2.24) is 0 Å². The Labute approximate surface area is 134 Å². The molecule has 2 N–H and O–H groups in total. The minimum Gasteiger partial charge on any atom is -0.424 e. The molecule has 0 bridgehead atoms. The van der Waals surface area contributed by atoms with Gasteiger partial charge in [-0.2, -0.15) is 35.9 Å². The Morgan fingerprint density at radius 3 is 2.14 bits per heavy atom. The van der Waals surface area contributed by atoms with Crippen LogP contribution in [0.3, 0.4) is 0 Å². The van der Waals surface area contributed by atoms with Crippen LogP contribution in [0, 0.1) is 13.5 Å². The molecule has 0 atom stereocenters. The molecule has 0 amide bonds. The third-order valence-electron chi connectivity index (χ3n) is 1.12. The Morgan fingerprint density at radius 2 is 1.86 bits per heavy atom. The maximum atomic E-state index is 8.66. The molecule has 0 aromatic heterocycles. The summed E-state index contributed by atoms with van der Waals surface area (Å²) < 4.78 is 0. The van der Waals surface area contributed by atoms with Gasteiger partial charge in [-0.1, -0.05) is 18.9 Å². The maximum absolute atomic E-state index is 8.66. The van der Waals surface area contributed by atoms with Crippen molar-refractivity contribution in [3.8, 4) is 0 Å². The predicted octanol–water partition coefficient (Wildman–Crippen LogP) is -1.70. The number of hydrogen-bond donors (Lipinski definition) is 2. The fourth-order valence-corrected chi connectivity index (χ4v) is 0.855. The molecule has 0 saturated carbocycles. The van der Waals surface area contributed by atoms with Crippen molar-refractivity contribution >= 4 is 24.2 Å². The molecule has 0 unspecified atom stereocenters. The molecule has 74 valence electrons. The monoisotopic (exact) mass is 239 g/mol. The Morgan fingerprint density at radius 1 is 1.36 bits per heavy atom. The summed E-state index contributed by atoms with van der Waals surface area (Å²) in [5.74, 6) is 0. The normalized spacial score (nSPS) is 7.21. The summed E-state index contributed by atoms with van der Waals surface area (Å²) in [5, 5.41) is 17.6. The summed E-state index contributed by atoms with van der Waals surface area (Å²) in [6, 6.07) is 7.26. The van der Waals surface area contributed by atoms with Gasteiger partial charge < -0.3 is 17.5 Å². The first-order valence-corrected chi connectivity index (χ1v) is 4.11. The first-order chi connectivity index (χ1) is 5.72. The molecule has 14 heavy (non-hydrogen) atoms. The van der Waals surface area contributed by atoms with Gasteiger partial charge in [-0.15, -0.1) is 5.46 Å². The van der Waals surface area contributed by atoms with Gasteiger partial charge in [0, 0.05) is 0 Å². The Kier molecular flexibility index (Phi) is 17.9. The second kappa shape index (κ2) is 12.2.